The maximum absolute atomic E-state index is 12.8. The molecule has 0 aromatic rings. The average Bonchev–Trinajstić information content (AvgIpc) is 3.21. The Morgan fingerprint density at radius 1 is 0.557 bits per heavy atom. The van der Waals surface area contributed by atoms with Crippen LogP contribution in [0.5, 0.6) is 0 Å². The van der Waals surface area contributed by atoms with E-state index in [4.69, 9.17) is 9.05 Å². The molecule has 0 bridgehead atoms. The molecule has 3 atom stereocenters. The number of hydrogen-bond acceptors (Lipinski definition) is 6. The molecule has 0 heterocycles. The number of amides is 1. The third-order valence-corrected chi connectivity index (χ3v) is 12.5. The first-order chi connectivity index (χ1) is 29.5. The molecule has 0 saturated carbocycles. The topological polar surface area (TPSA) is 108 Å². The van der Waals surface area contributed by atoms with Crippen LogP contribution in [-0.2, 0) is 18.4 Å². The first-order valence-corrected chi connectivity index (χ1v) is 27.3. The molecule has 1 amide bonds. The summed E-state index contributed by atoms with van der Waals surface area (Å²) in [5.74, 6) is -0.219. The minimum Gasteiger partial charge on any atom is -0.756 e. The fourth-order valence-electron chi connectivity index (χ4n) is 7.47. The highest BCUT2D eigenvalue weighted by atomic mass is 31.2. The van der Waals surface area contributed by atoms with E-state index in [9.17, 15) is 19.4 Å². The second-order valence-corrected chi connectivity index (χ2v) is 20.3. The van der Waals surface area contributed by atoms with E-state index in [1.807, 2.05) is 27.2 Å². The number of phosphoric acid groups is 1. The largest absolute Gasteiger partial charge is 0.756 e. The number of aliphatic hydroxyl groups excluding tert-OH is 1. The highest BCUT2D eigenvalue weighted by Gasteiger charge is 2.23. The molecule has 360 valence electrons. The molecule has 61 heavy (non-hydrogen) atoms. The number of hydrogen-bond donors (Lipinski definition) is 2. The zero-order valence-electron chi connectivity index (χ0n) is 40.9. The Hall–Kier alpha value is -1.28. The quantitative estimate of drug-likeness (QED) is 0.0273. The summed E-state index contributed by atoms with van der Waals surface area (Å²) in [6.07, 6.45) is 55.3. The van der Waals surface area contributed by atoms with Gasteiger partial charge in [0.15, 0.2) is 0 Å². The standard InChI is InChI=1S/C52H101N2O6P/c1-6-8-10-12-14-16-18-19-20-21-22-23-24-25-26-27-28-29-30-31-32-33-34-35-36-37-39-41-43-45-51(55)50(49-60-61(57,58)59-48-47-54(3,4)5)53-52(56)46-44-42-40-38-17-15-13-11-9-7-2/h11,13,36-37,43,45,50-51,55H,6-10,12,14-35,38-42,44,46-49H2,1-5H3,(H-,53,56,57,58)/b13-11-,37-36+,45-43+. The number of aliphatic hydroxyl groups is 1. The normalized spacial score (nSPS) is 14.4. The summed E-state index contributed by atoms with van der Waals surface area (Å²) in [5, 5.41) is 13.8. The van der Waals surface area contributed by atoms with Crippen LogP contribution >= 0.6 is 7.82 Å². The van der Waals surface area contributed by atoms with Gasteiger partial charge >= 0.3 is 0 Å². The summed E-state index contributed by atoms with van der Waals surface area (Å²) in [4.78, 5) is 25.3. The van der Waals surface area contributed by atoms with Crippen molar-refractivity contribution in [1.82, 2.24) is 5.32 Å². The van der Waals surface area contributed by atoms with Gasteiger partial charge in [-0.15, -0.1) is 0 Å². The van der Waals surface area contributed by atoms with E-state index in [0.29, 0.717) is 17.4 Å². The number of unbranched alkanes of at least 4 members (excludes halogenated alkanes) is 30. The van der Waals surface area contributed by atoms with Gasteiger partial charge in [0.2, 0.25) is 5.91 Å². The number of nitrogens with one attached hydrogen (secondary N) is 1. The molecule has 3 unspecified atom stereocenters. The van der Waals surface area contributed by atoms with Crippen molar-refractivity contribution in [2.45, 2.75) is 251 Å². The van der Waals surface area contributed by atoms with Gasteiger partial charge in [0, 0.05) is 6.42 Å². The van der Waals surface area contributed by atoms with Crippen LogP contribution in [0.2, 0.25) is 0 Å². The second-order valence-electron chi connectivity index (χ2n) is 18.9. The molecule has 0 aliphatic rings. The number of rotatable bonds is 47. The lowest BCUT2D eigenvalue weighted by Crippen LogP contribution is -2.45. The van der Waals surface area contributed by atoms with E-state index in [2.05, 4.69) is 43.5 Å². The van der Waals surface area contributed by atoms with Crippen LogP contribution in [0.1, 0.15) is 239 Å². The molecule has 0 aliphatic carbocycles. The number of carbonyl (C=O) groups is 1. The van der Waals surface area contributed by atoms with Crippen molar-refractivity contribution in [1.29, 1.82) is 0 Å². The molecule has 0 spiro atoms. The van der Waals surface area contributed by atoms with Crippen LogP contribution in [0.15, 0.2) is 36.5 Å². The average molecular weight is 881 g/mol. The van der Waals surface area contributed by atoms with Gasteiger partial charge in [-0.05, 0) is 51.4 Å². The second kappa shape index (κ2) is 43.9. The molecule has 2 N–H and O–H groups in total. The van der Waals surface area contributed by atoms with E-state index in [-0.39, 0.29) is 12.5 Å². The van der Waals surface area contributed by atoms with Crippen LogP contribution < -0.4 is 10.2 Å². The minimum absolute atomic E-state index is 0.00798. The van der Waals surface area contributed by atoms with Gasteiger partial charge < -0.3 is 28.8 Å². The molecular formula is C52H101N2O6P. The molecule has 0 aliphatic heterocycles. The van der Waals surface area contributed by atoms with Crippen molar-refractivity contribution in [3.8, 4) is 0 Å². The van der Waals surface area contributed by atoms with Crippen molar-refractivity contribution in [2.24, 2.45) is 0 Å². The van der Waals surface area contributed by atoms with Gasteiger partial charge in [-0.3, -0.25) is 9.36 Å². The SMILES string of the molecule is CCC/C=C\CCCCCCCC(=O)NC(COP(=O)([O-])OCC[N+](C)(C)C)C(O)/C=C/CC/C=C/CCCCCCCCCCCCCCCCCCCCCCCCC. The zero-order valence-corrected chi connectivity index (χ0v) is 41.8. The van der Waals surface area contributed by atoms with Crippen LogP contribution in [0.25, 0.3) is 0 Å². The number of likely N-dealkylation sites (N-methyl/N-ethyl adjacent to an activating group) is 1. The van der Waals surface area contributed by atoms with E-state index in [1.54, 1.807) is 6.08 Å². The van der Waals surface area contributed by atoms with E-state index < -0.39 is 26.6 Å². The molecule has 0 aromatic carbocycles. The van der Waals surface area contributed by atoms with Gasteiger partial charge in [0.05, 0.1) is 39.9 Å². The van der Waals surface area contributed by atoms with E-state index in [0.717, 1.165) is 64.2 Å². The van der Waals surface area contributed by atoms with Crippen molar-refractivity contribution >= 4 is 13.7 Å². The summed E-state index contributed by atoms with van der Waals surface area (Å²) in [5.41, 5.74) is 0. The fraction of sp³-hybridized carbons (Fsp3) is 0.865. The molecular weight excluding hydrogens is 780 g/mol. The summed E-state index contributed by atoms with van der Waals surface area (Å²) < 4.78 is 23.2. The maximum Gasteiger partial charge on any atom is 0.268 e. The Kier molecular flexibility index (Phi) is 43.0. The highest BCUT2D eigenvalue weighted by molar-refractivity contribution is 7.45. The fourth-order valence-corrected chi connectivity index (χ4v) is 8.19. The Morgan fingerprint density at radius 3 is 1.39 bits per heavy atom. The number of nitrogens with zero attached hydrogens (tertiary/aromatic N) is 1. The summed E-state index contributed by atoms with van der Waals surface area (Å²) in [6.45, 7) is 4.56. The Bertz CT molecular complexity index is 1090. The molecule has 8 nitrogen and oxygen atoms in total. The van der Waals surface area contributed by atoms with Crippen LogP contribution in [0.3, 0.4) is 0 Å². The predicted octanol–water partition coefficient (Wildman–Crippen LogP) is 14.4. The summed E-state index contributed by atoms with van der Waals surface area (Å²) in [7, 11) is 1.24. The van der Waals surface area contributed by atoms with Gasteiger partial charge in [0.1, 0.15) is 13.2 Å². The van der Waals surface area contributed by atoms with E-state index >= 15 is 0 Å². The summed E-state index contributed by atoms with van der Waals surface area (Å²) in [6, 6.07) is -0.905. The number of quaternary nitrogens is 1. The Balaban J connectivity index is 4.14. The van der Waals surface area contributed by atoms with Crippen molar-refractivity contribution in [3.63, 3.8) is 0 Å². The third kappa shape index (κ3) is 46.5. The monoisotopic (exact) mass is 881 g/mol. The van der Waals surface area contributed by atoms with Crippen molar-refractivity contribution in [3.05, 3.63) is 36.5 Å². The van der Waals surface area contributed by atoms with Crippen molar-refractivity contribution < 1.29 is 32.9 Å². The van der Waals surface area contributed by atoms with Gasteiger partial charge in [-0.2, -0.15) is 0 Å². The smallest absolute Gasteiger partial charge is 0.268 e. The number of carbonyl (C=O) groups excluding carboxylic acids is 1. The lowest BCUT2D eigenvalue weighted by atomic mass is 10.0. The maximum atomic E-state index is 12.8. The number of allylic oxidation sites excluding steroid dienone is 5. The first kappa shape index (κ1) is 59.7. The van der Waals surface area contributed by atoms with Gasteiger partial charge in [0.25, 0.3) is 7.82 Å². The Labute approximate surface area is 378 Å². The lowest BCUT2D eigenvalue weighted by molar-refractivity contribution is -0.870. The molecule has 0 saturated heterocycles. The highest BCUT2D eigenvalue weighted by Crippen LogP contribution is 2.38. The molecule has 9 heteroatoms. The van der Waals surface area contributed by atoms with Crippen LogP contribution in [0, 0.1) is 0 Å². The number of phosphoric ester groups is 1. The van der Waals surface area contributed by atoms with Gasteiger partial charge in [-0.1, -0.05) is 217 Å². The van der Waals surface area contributed by atoms with Gasteiger partial charge in [-0.25, -0.2) is 0 Å². The third-order valence-electron chi connectivity index (χ3n) is 11.6. The van der Waals surface area contributed by atoms with Crippen molar-refractivity contribution in [2.75, 3.05) is 40.9 Å². The van der Waals surface area contributed by atoms with Crippen LogP contribution in [0.4, 0.5) is 0 Å². The lowest BCUT2D eigenvalue weighted by Gasteiger charge is -2.29. The van der Waals surface area contributed by atoms with E-state index in [1.165, 1.54) is 154 Å². The molecule has 0 fully saturated rings. The minimum atomic E-state index is -4.60. The predicted molar refractivity (Wildman–Crippen MR) is 261 cm³/mol. The molecule has 0 rings (SSSR count). The zero-order chi connectivity index (χ0) is 45.0. The molecule has 0 radical (unpaired) electrons. The molecule has 0 aromatic heterocycles. The Morgan fingerprint density at radius 2 is 0.951 bits per heavy atom. The first-order valence-electron chi connectivity index (χ1n) is 25.9. The summed E-state index contributed by atoms with van der Waals surface area (Å²) >= 11 is 0. The van der Waals surface area contributed by atoms with Crippen LogP contribution in [-0.4, -0.2) is 68.5 Å².